The molecule has 39 heavy (non-hydrogen) atoms. The molecule has 7 heteroatoms. The molecule has 1 amide bonds. The molecule has 0 atom stereocenters. The third kappa shape index (κ3) is 5.26. The van der Waals surface area contributed by atoms with E-state index in [1.165, 1.54) is 24.0 Å². The minimum absolute atomic E-state index is 0.313. The van der Waals surface area contributed by atoms with Crippen LogP contribution in [0.25, 0.3) is 33.3 Å². The van der Waals surface area contributed by atoms with Gasteiger partial charge in [0.1, 0.15) is 16.3 Å². The Balaban J connectivity index is 1.55. The minimum atomic E-state index is -0.522. The Bertz CT molecular complexity index is 1690. The standard InChI is InChI=1S/C32H28N2O4S/c1-5-38-23-14-12-21(13-15-23)26-18-39-31(29(26)32(36)37-4)34-30(35)25-17-28(22-11-10-19(2)20(3)16-22)33-27-9-7-6-8-24(25)27/h6-18H,5H2,1-4H3,(H,34,35). The van der Waals surface area contributed by atoms with Gasteiger partial charge < -0.3 is 14.8 Å². The number of thiophene rings is 1. The highest BCUT2D eigenvalue weighted by molar-refractivity contribution is 7.15. The van der Waals surface area contributed by atoms with Crippen LogP contribution in [-0.2, 0) is 4.74 Å². The molecular weight excluding hydrogens is 508 g/mol. The maximum absolute atomic E-state index is 13.8. The molecule has 1 N–H and O–H groups in total. The fourth-order valence-corrected chi connectivity index (χ4v) is 5.40. The largest absolute Gasteiger partial charge is 0.494 e. The summed E-state index contributed by atoms with van der Waals surface area (Å²) in [6, 6.07) is 23.0. The van der Waals surface area contributed by atoms with Gasteiger partial charge in [-0.3, -0.25) is 4.79 Å². The fourth-order valence-electron chi connectivity index (χ4n) is 4.45. The molecule has 5 aromatic rings. The van der Waals surface area contributed by atoms with E-state index in [1.807, 2.05) is 66.9 Å². The third-order valence-corrected chi connectivity index (χ3v) is 7.54. The van der Waals surface area contributed by atoms with Gasteiger partial charge in [0, 0.05) is 21.9 Å². The van der Waals surface area contributed by atoms with Crippen LogP contribution in [0.1, 0.15) is 38.8 Å². The molecule has 196 valence electrons. The number of benzene rings is 3. The number of amides is 1. The maximum atomic E-state index is 13.8. The van der Waals surface area contributed by atoms with Crippen molar-refractivity contribution in [3.63, 3.8) is 0 Å². The van der Waals surface area contributed by atoms with E-state index in [4.69, 9.17) is 14.5 Å². The zero-order valence-corrected chi connectivity index (χ0v) is 23.0. The molecule has 0 aliphatic heterocycles. The summed E-state index contributed by atoms with van der Waals surface area (Å²) in [7, 11) is 1.33. The smallest absolute Gasteiger partial charge is 0.341 e. The number of aryl methyl sites for hydroxylation is 2. The van der Waals surface area contributed by atoms with Crippen LogP contribution in [0.5, 0.6) is 5.75 Å². The normalized spacial score (nSPS) is 10.9. The quantitative estimate of drug-likeness (QED) is 0.216. The minimum Gasteiger partial charge on any atom is -0.494 e. The van der Waals surface area contributed by atoms with Crippen molar-refractivity contribution < 1.29 is 19.1 Å². The van der Waals surface area contributed by atoms with Gasteiger partial charge in [0.15, 0.2) is 0 Å². The zero-order chi connectivity index (χ0) is 27.5. The molecule has 6 nitrogen and oxygen atoms in total. The number of carbonyl (C=O) groups excluding carboxylic acids is 2. The van der Waals surface area contributed by atoms with E-state index in [1.54, 1.807) is 6.07 Å². The van der Waals surface area contributed by atoms with Crippen molar-refractivity contribution in [2.45, 2.75) is 20.8 Å². The Morgan fingerprint density at radius 3 is 2.38 bits per heavy atom. The summed E-state index contributed by atoms with van der Waals surface area (Å²) in [6.07, 6.45) is 0. The molecule has 0 saturated heterocycles. The van der Waals surface area contributed by atoms with Crippen molar-refractivity contribution in [1.82, 2.24) is 4.98 Å². The number of pyridine rings is 1. The number of aromatic nitrogens is 1. The third-order valence-electron chi connectivity index (χ3n) is 6.65. The maximum Gasteiger partial charge on any atom is 0.341 e. The number of hydrogen-bond donors (Lipinski definition) is 1. The van der Waals surface area contributed by atoms with Crippen LogP contribution in [0, 0.1) is 13.8 Å². The number of nitrogens with one attached hydrogen (secondary N) is 1. The van der Waals surface area contributed by atoms with Crippen molar-refractivity contribution in [2.75, 3.05) is 19.0 Å². The Labute approximate surface area is 231 Å². The molecule has 0 spiro atoms. The van der Waals surface area contributed by atoms with Crippen LogP contribution in [0.4, 0.5) is 5.00 Å². The molecule has 0 aliphatic rings. The average Bonchev–Trinajstić information content (AvgIpc) is 3.37. The van der Waals surface area contributed by atoms with Crippen molar-refractivity contribution in [3.05, 3.63) is 100 Å². The van der Waals surface area contributed by atoms with E-state index in [0.29, 0.717) is 39.5 Å². The second kappa shape index (κ2) is 11.1. The lowest BCUT2D eigenvalue weighted by Crippen LogP contribution is -2.15. The lowest BCUT2D eigenvalue weighted by Gasteiger charge is -2.12. The van der Waals surface area contributed by atoms with E-state index < -0.39 is 5.97 Å². The first kappa shape index (κ1) is 26.1. The Hall–Kier alpha value is -4.49. The first-order valence-corrected chi connectivity index (χ1v) is 13.5. The van der Waals surface area contributed by atoms with Gasteiger partial charge in [-0.05, 0) is 67.8 Å². The number of para-hydroxylation sites is 1. The van der Waals surface area contributed by atoms with Gasteiger partial charge in [-0.15, -0.1) is 11.3 Å². The number of ether oxygens (including phenoxy) is 2. The van der Waals surface area contributed by atoms with Gasteiger partial charge in [0.05, 0.1) is 30.5 Å². The van der Waals surface area contributed by atoms with Crippen LogP contribution in [0.3, 0.4) is 0 Å². The summed E-state index contributed by atoms with van der Waals surface area (Å²) in [4.78, 5) is 31.5. The first-order chi connectivity index (χ1) is 18.9. The molecular formula is C32H28N2O4S. The molecule has 3 aromatic carbocycles. The number of rotatable bonds is 7. The number of anilines is 1. The predicted octanol–water partition coefficient (Wildman–Crippen LogP) is 7.68. The number of hydrogen-bond acceptors (Lipinski definition) is 6. The Morgan fingerprint density at radius 2 is 1.67 bits per heavy atom. The Kier molecular flexibility index (Phi) is 7.43. The lowest BCUT2D eigenvalue weighted by molar-refractivity contribution is 0.0603. The highest BCUT2D eigenvalue weighted by Gasteiger charge is 2.24. The predicted molar refractivity (Wildman–Crippen MR) is 157 cm³/mol. The first-order valence-electron chi connectivity index (χ1n) is 12.6. The van der Waals surface area contributed by atoms with Crippen molar-refractivity contribution in [3.8, 4) is 28.1 Å². The monoisotopic (exact) mass is 536 g/mol. The molecule has 5 rings (SSSR count). The molecule has 0 unspecified atom stereocenters. The van der Waals surface area contributed by atoms with Gasteiger partial charge >= 0.3 is 5.97 Å². The number of methoxy groups -OCH3 is 1. The summed E-state index contributed by atoms with van der Waals surface area (Å²) in [5, 5.41) is 5.98. The molecule has 2 aromatic heterocycles. The van der Waals surface area contributed by atoms with Crippen LogP contribution in [-0.4, -0.2) is 30.6 Å². The highest BCUT2D eigenvalue weighted by atomic mass is 32.1. The number of carbonyl (C=O) groups is 2. The lowest BCUT2D eigenvalue weighted by atomic mass is 10.0. The van der Waals surface area contributed by atoms with Crippen LogP contribution in [0.2, 0.25) is 0 Å². The van der Waals surface area contributed by atoms with Gasteiger partial charge in [0.2, 0.25) is 0 Å². The van der Waals surface area contributed by atoms with Gasteiger partial charge in [-0.2, -0.15) is 0 Å². The van der Waals surface area contributed by atoms with Gasteiger partial charge in [0.25, 0.3) is 5.91 Å². The Morgan fingerprint density at radius 1 is 0.923 bits per heavy atom. The second-order valence-electron chi connectivity index (χ2n) is 9.13. The summed E-state index contributed by atoms with van der Waals surface area (Å²) in [5.41, 5.74) is 6.98. The van der Waals surface area contributed by atoms with E-state index in [-0.39, 0.29) is 5.91 Å². The SMILES string of the molecule is CCOc1ccc(-c2csc(NC(=O)c3cc(-c4ccc(C)c(C)c4)nc4ccccc34)c2C(=O)OC)cc1. The summed E-state index contributed by atoms with van der Waals surface area (Å²) >= 11 is 1.28. The second-order valence-corrected chi connectivity index (χ2v) is 10.0. The molecule has 0 saturated carbocycles. The van der Waals surface area contributed by atoms with Crippen molar-refractivity contribution in [1.29, 1.82) is 0 Å². The van der Waals surface area contributed by atoms with Crippen molar-refractivity contribution >= 4 is 39.1 Å². The van der Waals surface area contributed by atoms with Crippen molar-refractivity contribution in [2.24, 2.45) is 0 Å². The zero-order valence-electron chi connectivity index (χ0n) is 22.2. The van der Waals surface area contributed by atoms with Crippen LogP contribution in [0.15, 0.2) is 78.2 Å². The van der Waals surface area contributed by atoms with Gasteiger partial charge in [-0.25, -0.2) is 9.78 Å². The highest BCUT2D eigenvalue weighted by Crippen LogP contribution is 2.37. The topological polar surface area (TPSA) is 77.5 Å². The molecule has 0 fully saturated rings. The number of fused-ring (bicyclic) bond motifs is 1. The molecule has 0 radical (unpaired) electrons. The number of nitrogens with zero attached hydrogens (tertiary/aromatic N) is 1. The molecule has 0 bridgehead atoms. The van der Waals surface area contributed by atoms with E-state index in [2.05, 4.69) is 31.3 Å². The average molecular weight is 537 g/mol. The van der Waals surface area contributed by atoms with Crippen LogP contribution >= 0.6 is 11.3 Å². The van der Waals surface area contributed by atoms with E-state index in [9.17, 15) is 9.59 Å². The number of esters is 1. The fraction of sp³-hybridized carbons (Fsp3) is 0.156. The van der Waals surface area contributed by atoms with Gasteiger partial charge in [-0.1, -0.05) is 42.5 Å². The molecule has 0 aliphatic carbocycles. The van der Waals surface area contributed by atoms with E-state index >= 15 is 0 Å². The summed E-state index contributed by atoms with van der Waals surface area (Å²) in [6.45, 7) is 6.61. The van der Waals surface area contributed by atoms with E-state index in [0.717, 1.165) is 27.8 Å². The summed E-state index contributed by atoms with van der Waals surface area (Å²) < 4.78 is 10.6. The summed E-state index contributed by atoms with van der Waals surface area (Å²) in [5.74, 6) is -0.108. The molecule has 2 heterocycles. The van der Waals surface area contributed by atoms with Crippen LogP contribution < -0.4 is 10.1 Å².